The van der Waals surface area contributed by atoms with Crippen LogP contribution in [0, 0.1) is 5.92 Å². The number of rotatable bonds is 3. The van der Waals surface area contributed by atoms with Gasteiger partial charge in [0.15, 0.2) is 0 Å². The smallest absolute Gasteiger partial charge is 0.224 e. The van der Waals surface area contributed by atoms with Crippen molar-refractivity contribution in [3.63, 3.8) is 0 Å². The number of hydrogen-bond donors (Lipinski definition) is 2. The molecule has 1 atom stereocenters. The van der Waals surface area contributed by atoms with Crippen LogP contribution in [0.2, 0.25) is 0 Å². The fourth-order valence-electron chi connectivity index (χ4n) is 1.78. The minimum absolute atomic E-state index is 0.140. The minimum atomic E-state index is 0.140. The maximum atomic E-state index is 11.6. The van der Waals surface area contributed by atoms with Crippen molar-refractivity contribution in [1.29, 1.82) is 0 Å². The Morgan fingerprint density at radius 2 is 2.67 bits per heavy atom. The second-order valence-corrected chi connectivity index (χ2v) is 3.93. The van der Waals surface area contributed by atoms with E-state index in [2.05, 4.69) is 15.7 Å². The first-order chi connectivity index (χ1) is 7.25. The summed E-state index contributed by atoms with van der Waals surface area (Å²) >= 11 is 0. The molecule has 2 N–H and O–H groups in total. The summed E-state index contributed by atoms with van der Waals surface area (Å²) in [5.74, 6) is 0.283. The predicted octanol–water partition coefficient (Wildman–Crippen LogP) is -0.354. The van der Waals surface area contributed by atoms with Crippen LogP contribution in [0.1, 0.15) is 12.0 Å². The van der Waals surface area contributed by atoms with Gasteiger partial charge in [-0.1, -0.05) is 0 Å². The van der Waals surface area contributed by atoms with Gasteiger partial charge >= 0.3 is 0 Å². The number of nitrogens with zero attached hydrogens (tertiary/aromatic N) is 2. The van der Waals surface area contributed by atoms with Crippen LogP contribution in [-0.4, -0.2) is 28.8 Å². The number of hydrogen-bond acceptors (Lipinski definition) is 3. The highest BCUT2D eigenvalue weighted by Gasteiger charge is 2.21. The van der Waals surface area contributed by atoms with Crippen LogP contribution in [0.5, 0.6) is 0 Å². The van der Waals surface area contributed by atoms with E-state index in [1.807, 2.05) is 13.2 Å². The van der Waals surface area contributed by atoms with Gasteiger partial charge < -0.3 is 10.6 Å². The van der Waals surface area contributed by atoms with Crippen LogP contribution in [0.25, 0.3) is 0 Å². The molecular formula is C10H16N4O. The molecule has 1 amide bonds. The molecule has 0 radical (unpaired) electrons. The number of carbonyl (C=O) groups is 1. The van der Waals surface area contributed by atoms with E-state index in [0.717, 1.165) is 25.1 Å². The first-order valence-electron chi connectivity index (χ1n) is 5.21. The van der Waals surface area contributed by atoms with Crippen LogP contribution in [-0.2, 0) is 18.4 Å². The largest absolute Gasteiger partial charge is 0.352 e. The predicted molar refractivity (Wildman–Crippen MR) is 56.0 cm³/mol. The van der Waals surface area contributed by atoms with Crippen molar-refractivity contribution < 1.29 is 4.79 Å². The minimum Gasteiger partial charge on any atom is -0.352 e. The highest BCUT2D eigenvalue weighted by atomic mass is 16.1. The summed E-state index contributed by atoms with van der Waals surface area (Å²) in [6, 6.07) is 0. The molecule has 0 aromatic carbocycles. The van der Waals surface area contributed by atoms with Gasteiger partial charge in [0.25, 0.3) is 0 Å². The number of aromatic nitrogens is 2. The van der Waals surface area contributed by atoms with Crippen LogP contribution >= 0.6 is 0 Å². The van der Waals surface area contributed by atoms with Gasteiger partial charge in [-0.3, -0.25) is 9.48 Å². The fraction of sp³-hybridized carbons (Fsp3) is 0.600. The van der Waals surface area contributed by atoms with Crippen molar-refractivity contribution in [3.8, 4) is 0 Å². The lowest BCUT2D eigenvalue weighted by Crippen LogP contribution is -2.31. The summed E-state index contributed by atoms with van der Waals surface area (Å²) < 4.78 is 1.73. The summed E-state index contributed by atoms with van der Waals surface area (Å²) in [6.07, 6.45) is 4.62. The lowest BCUT2D eigenvalue weighted by molar-refractivity contribution is -0.124. The van der Waals surface area contributed by atoms with Crippen LogP contribution in [0.3, 0.4) is 0 Å². The second kappa shape index (κ2) is 4.44. The van der Waals surface area contributed by atoms with E-state index in [9.17, 15) is 4.79 Å². The molecular weight excluding hydrogens is 192 g/mol. The van der Waals surface area contributed by atoms with Crippen molar-refractivity contribution in [1.82, 2.24) is 20.4 Å². The fourth-order valence-corrected chi connectivity index (χ4v) is 1.78. The van der Waals surface area contributed by atoms with Gasteiger partial charge in [-0.15, -0.1) is 0 Å². The van der Waals surface area contributed by atoms with Crippen molar-refractivity contribution in [2.45, 2.75) is 13.0 Å². The maximum absolute atomic E-state index is 11.6. The molecule has 15 heavy (non-hydrogen) atoms. The molecule has 0 spiro atoms. The molecule has 1 aromatic rings. The van der Waals surface area contributed by atoms with Gasteiger partial charge in [-0.25, -0.2) is 0 Å². The van der Waals surface area contributed by atoms with Crippen LogP contribution in [0.15, 0.2) is 12.4 Å². The molecule has 1 aliphatic rings. The van der Waals surface area contributed by atoms with E-state index in [1.165, 1.54) is 0 Å². The van der Waals surface area contributed by atoms with Crippen molar-refractivity contribution in [2.24, 2.45) is 13.0 Å². The molecule has 2 rings (SSSR count). The summed E-state index contributed by atoms with van der Waals surface area (Å²) in [5, 5.41) is 10.1. The number of aryl methyl sites for hydroxylation is 1. The lowest BCUT2D eigenvalue weighted by Gasteiger charge is -2.08. The summed E-state index contributed by atoms with van der Waals surface area (Å²) in [7, 11) is 1.87. The van der Waals surface area contributed by atoms with Crippen molar-refractivity contribution >= 4 is 5.91 Å². The van der Waals surface area contributed by atoms with E-state index in [1.54, 1.807) is 10.9 Å². The maximum Gasteiger partial charge on any atom is 0.224 e. The molecule has 1 unspecified atom stereocenters. The quantitative estimate of drug-likeness (QED) is 0.713. The van der Waals surface area contributed by atoms with E-state index in [-0.39, 0.29) is 11.8 Å². The van der Waals surface area contributed by atoms with Crippen LogP contribution < -0.4 is 10.6 Å². The van der Waals surface area contributed by atoms with Gasteiger partial charge in [-0.05, 0) is 13.0 Å². The molecule has 0 bridgehead atoms. The van der Waals surface area contributed by atoms with E-state index < -0.39 is 0 Å². The summed E-state index contributed by atoms with van der Waals surface area (Å²) in [4.78, 5) is 11.6. The molecule has 0 aliphatic carbocycles. The Bertz CT molecular complexity index is 341. The lowest BCUT2D eigenvalue weighted by atomic mass is 10.1. The first kappa shape index (κ1) is 10.2. The second-order valence-electron chi connectivity index (χ2n) is 3.93. The standard InChI is InChI=1S/C10H16N4O/c1-14-7-8(5-13-14)4-12-10(15)9-2-3-11-6-9/h5,7,9,11H,2-4,6H2,1H3,(H,12,15). The monoisotopic (exact) mass is 208 g/mol. The van der Waals surface area contributed by atoms with E-state index >= 15 is 0 Å². The van der Waals surface area contributed by atoms with Crippen LogP contribution in [0.4, 0.5) is 0 Å². The highest BCUT2D eigenvalue weighted by molar-refractivity contribution is 5.79. The third-order valence-corrected chi connectivity index (χ3v) is 2.66. The Hall–Kier alpha value is -1.36. The van der Waals surface area contributed by atoms with Crippen molar-refractivity contribution in [3.05, 3.63) is 18.0 Å². The van der Waals surface area contributed by atoms with Gasteiger partial charge in [0.2, 0.25) is 5.91 Å². The molecule has 2 heterocycles. The highest BCUT2D eigenvalue weighted by Crippen LogP contribution is 2.07. The number of carbonyl (C=O) groups excluding carboxylic acids is 1. The topological polar surface area (TPSA) is 59.0 Å². The Labute approximate surface area is 88.8 Å². The molecule has 1 aromatic heterocycles. The Kier molecular flexibility index (Phi) is 3.01. The zero-order chi connectivity index (χ0) is 10.7. The number of amides is 1. The van der Waals surface area contributed by atoms with Crippen molar-refractivity contribution in [2.75, 3.05) is 13.1 Å². The zero-order valence-corrected chi connectivity index (χ0v) is 8.86. The van der Waals surface area contributed by atoms with Gasteiger partial charge in [0, 0.05) is 31.9 Å². The van der Waals surface area contributed by atoms with E-state index in [0.29, 0.717) is 6.54 Å². The molecule has 5 heteroatoms. The Morgan fingerprint density at radius 1 is 1.80 bits per heavy atom. The molecule has 1 saturated heterocycles. The molecule has 82 valence electrons. The average Bonchev–Trinajstić information content (AvgIpc) is 2.84. The van der Waals surface area contributed by atoms with Gasteiger partial charge in [0.1, 0.15) is 0 Å². The van der Waals surface area contributed by atoms with Gasteiger partial charge in [-0.2, -0.15) is 5.10 Å². The molecule has 5 nitrogen and oxygen atoms in total. The molecule has 0 saturated carbocycles. The Balaban J connectivity index is 1.80. The molecule has 1 fully saturated rings. The summed E-state index contributed by atoms with van der Waals surface area (Å²) in [6.45, 7) is 2.33. The number of nitrogens with one attached hydrogen (secondary N) is 2. The third-order valence-electron chi connectivity index (χ3n) is 2.66. The zero-order valence-electron chi connectivity index (χ0n) is 8.86. The SMILES string of the molecule is Cn1cc(CNC(=O)C2CCNC2)cn1. The average molecular weight is 208 g/mol. The third kappa shape index (κ3) is 2.56. The normalized spacial score (nSPS) is 20.5. The van der Waals surface area contributed by atoms with E-state index in [4.69, 9.17) is 0 Å². The molecule has 1 aliphatic heterocycles. The summed E-state index contributed by atoms with van der Waals surface area (Å²) in [5.41, 5.74) is 1.04. The van der Waals surface area contributed by atoms with Gasteiger partial charge in [0.05, 0.1) is 12.1 Å². The first-order valence-corrected chi connectivity index (χ1v) is 5.21. The Morgan fingerprint density at radius 3 is 3.27 bits per heavy atom.